The van der Waals surface area contributed by atoms with Gasteiger partial charge in [-0.3, -0.25) is 4.79 Å². The van der Waals surface area contributed by atoms with E-state index in [0.29, 0.717) is 6.42 Å². The Bertz CT molecular complexity index is 360. The highest BCUT2D eigenvalue weighted by Gasteiger charge is 2.21. The van der Waals surface area contributed by atoms with Crippen molar-refractivity contribution in [1.82, 2.24) is 0 Å². The molecule has 0 bridgehead atoms. The van der Waals surface area contributed by atoms with Crippen LogP contribution >= 0.6 is 0 Å². The number of hydrogen-bond donors (Lipinski definition) is 0. The minimum absolute atomic E-state index is 0.0349. The Balaban J connectivity index is 2.02. The van der Waals surface area contributed by atoms with Gasteiger partial charge in [0.15, 0.2) is 0 Å². The van der Waals surface area contributed by atoms with Crippen LogP contribution < -0.4 is 4.74 Å². The molecule has 1 aromatic rings. The third kappa shape index (κ3) is 2.29. The molecule has 0 radical (unpaired) electrons. The van der Waals surface area contributed by atoms with Crippen LogP contribution in [0.15, 0.2) is 24.3 Å². The van der Waals surface area contributed by atoms with Crippen LogP contribution in [-0.2, 0) is 16.0 Å². The summed E-state index contributed by atoms with van der Waals surface area (Å²) in [5, 5.41) is 0. The molecule has 0 amide bonds. The molecular formula is C12H14O3. The maximum absolute atomic E-state index is 11.1. The van der Waals surface area contributed by atoms with Gasteiger partial charge in [-0.2, -0.15) is 0 Å². The fraction of sp³-hybridized carbons (Fsp3) is 0.417. The molecule has 1 atom stereocenters. The normalized spacial score (nSPS) is 18.9. The van der Waals surface area contributed by atoms with Gasteiger partial charge in [-0.15, -0.1) is 0 Å². The summed E-state index contributed by atoms with van der Waals surface area (Å²) in [5.41, 5.74) is 1.22. The van der Waals surface area contributed by atoms with Gasteiger partial charge in [0.05, 0.1) is 13.5 Å². The summed E-state index contributed by atoms with van der Waals surface area (Å²) < 4.78 is 10.3. The van der Waals surface area contributed by atoms with E-state index in [0.717, 1.165) is 18.6 Å². The van der Waals surface area contributed by atoms with Gasteiger partial charge >= 0.3 is 5.97 Å². The van der Waals surface area contributed by atoms with Gasteiger partial charge in [0, 0.05) is 0 Å². The van der Waals surface area contributed by atoms with Gasteiger partial charge in [0.1, 0.15) is 11.9 Å². The van der Waals surface area contributed by atoms with E-state index >= 15 is 0 Å². The molecule has 1 aromatic carbocycles. The van der Waals surface area contributed by atoms with Gasteiger partial charge in [-0.05, 0) is 24.5 Å². The number of benzene rings is 1. The maximum atomic E-state index is 11.1. The topological polar surface area (TPSA) is 35.5 Å². The van der Waals surface area contributed by atoms with E-state index in [1.807, 2.05) is 18.2 Å². The summed E-state index contributed by atoms with van der Waals surface area (Å²) >= 11 is 0. The molecule has 0 aromatic heterocycles. The monoisotopic (exact) mass is 206 g/mol. The van der Waals surface area contributed by atoms with Gasteiger partial charge in [-0.25, -0.2) is 0 Å². The number of aryl methyl sites for hydroxylation is 1. The summed E-state index contributed by atoms with van der Waals surface area (Å²) in [6.07, 6.45) is 2.15. The van der Waals surface area contributed by atoms with Crippen molar-refractivity contribution in [3.63, 3.8) is 0 Å². The van der Waals surface area contributed by atoms with Crippen LogP contribution in [0.1, 0.15) is 18.4 Å². The van der Waals surface area contributed by atoms with E-state index in [-0.39, 0.29) is 12.1 Å². The molecule has 15 heavy (non-hydrogen) atoms. The number of esters is 1. The number of carbonyl (C=O) groups is 1. The SMILES string of the molecule is COC(=O)CC1CCc2ccccc2O1. The molecule has 1 unspecified atom stereocenters. The second kappa shape index (κ2) is 4.34. The van der Waals surface area contributed by atoms with Crippen LogP contribution in [0.25, 0.3) is 0 Å². The Hall–Kier alpha value is -1.51. The number of ether oxygens (including phenoxy) is 2. The Morgan fingerprint density at radius 3 is 3.13 bits per heavy atom. The number of para-hydroxylation sites is 1. The summed E-state index contributed by atoms with van der Waals surface area (Å²) in [5.74, 6) is 0.692. The van der Waals surface area contributed by atoms with Crippen LogP contribution in [0, 0.1) is 0 Å². The fourth-order valence-corrected chi connectivity index (χ4v) is 1.79. The van der Waals surface area contributed by atoms with Crippen molar-refractivity contribution in [2.75, 3.05) is 7.11 Å². The van der Waals surface area contributed by atoms with Gasteiger partial charge < -0.3 is 9.47 Å². The average Bonchev–Trinajstić information content (AvgIpc) is 2.29. The quantitative estimate of drug-likeness (QED) is 0.694. The zero-order valence-corrected chi connectivity index (χ0v) is 8.73. The third-order valence-electron chi connectivity index (χ3n) is 2.62. The van der Waals surface area contributed by atoms with E-state index in [1.165, 1.54) is 12.7 Å². The smallest absolute Gasteiger partial charge is 0.309 e. The lowest BCUT2D eigenvalue weighted by molar-refractivity contribution is -0.142. The van der Waals surface area contributed by atoms with Crippen LogP contribution in [0.2, 0.25) is 0 Å². The third-order valence-corrected chi connectivity index (χ3v) is 2.62. The first kappa shape index (κ1) is 10.0. The van der Waals surface area contributed by atoms with E-state index in [4.69, 9.17) is 4.74 Å². The minimum atomic E-state index is -0.209. The van der Waals surface area contributed by atoms with Crippen molar-refractivity contribution in [2.24, 2.45) is 0 Å². The van der Waals surface area contributed by atoms with Crippen molar-refractivity contribution in [2.45, 2.75) is 25.4 Å². The van der Waals surface area contributed by atoms with Crippen molar-refractivity contribution in [1.29, 1.82) is 0 Å². The first-order chi connectivity index (χ1) is 7.29. The molecule has 3 heteroatoms. The minimum Gasteiger partial charge on any atom is -0.490 e. The van der Waals surface area contributed by atoms with Crippen LogP contribution in [0.3, 0.4) is 0 Å². The molecule has 1 aliphatic heterocycles. The highest BCUT2D eigenvalue weighted by atomic mass is 16.5. The first-order valence-electron chi connectivity index (χ1n) is 5.11. The Morgan fingerprint density at radius 2 is 2.33 bits per heavy atom. The molecule has 80 valence electrons. The summed E-state index contributed by atoms with van der Waals surface area (Å²) in [6.45, 7) is 0. The molecule has 0 aliphatic carbocycles. The second-order valence-electron chi connectivity index (χ2n) is 3.67. The molecule has 0 fully saturated rings. The molecule has 1 aliphatic rings. The average molecular weight is 206 g/mol. The molecular weight excluding hydrogens is 192 g/mol. The molecule has 1 heterocycles. The molecule has 0 saturated heterocycles. The molecule has 0 N–H and O–H groups in total. The number of fused-ring (bicyclic) bond motifs is 1. The summed E-state index contributed by atoms with van der Waals surface area (Å²) in [7, 11) is 1.40. The zero-order chi connectivity index (χ0) is 10.7. The van der Waals surface area contributed by atoms with E-state index in [1.54, 1.807) is 0 Å². The summed E-state index contributed by atoms with van der Waals surface area (Å²) in [6, 6.07) is 7.95. The molecule has 3 nitrogen and oxygen atoms in total. The number of carbonyl (C=O) groups excluding carboxylic acids is 1. The fourth-order valence-electron chi connectivity index (χ4n) is 1.79. The van der Waals surface area contributed by atoms with Crippen LogP contribution in [0.4, 0.5) is 0 Å². The van der Waals surface area contributed by atoms with E-state index in [2.05, 4.69) is 10.8 Å². The Morgan fingerprint density at radius 1 is 1.53 bits per heavy atom. The number of rotatable bonds is 2. The van der Waals surface area contributed by atoms with Gasteiger partial charge in [0.2, 0.25) is 0 Å². The van der Waals surface area contributed by atoms with Crippen molar-refractivity contribution < 1.29 is 14.3 Å². The predicted molar refractivity (Wildman–Crippen MR) is 55.8 cm³/mol. The van der Waals surface area contributed by atoms with Gasteiger partial charge in [-0.1, -0.05) is 18.2 Å². The lowest BCUT2D eigenvalue weighted by Crippen LogP contribution is -2.26. The van der Waals surface area contributed by atoms with E-state index in [9.17, 15) is 4.79 Å². The Labute approximate surface area is 89.0 Å². The zero-order valence-electron chi connectivity index (χ0n) is 8.73. The van der Waals surface area contributed by atoms with Gasteiger partial charge in [0.25, 0.3) is 0 Å². The molecule has 0 spiro atoms. The molecule has 0 saturated carbocycles. The second-order valence-corrected chi connectivity index (χ2v) is 3.67. The predicted octanol–water partition coefficient (Wildman–Crippen LogP) is 1.94. The van der Waals surface area contributed by atoms with Crippen LogP contribution in [-0.4, -0.2) is 19.2 Å². The number of methoxy groups -OCH3 is 1. The maximum Gasteiger partial charge on any atom is 0.309 e. The lowest BCUT2D eigenvalue weighted by Gasteiger charge is -2.25. The van der Waals surface area contributed by atoms with E-state index < -0.39 is 0 Å². The lowest BCUT2D eigenvalue weighted by atomic mass is 10.0. The summed E-state index contributed by atoms with van der Waals surface area (Å²) in [4.78, 5) is 11.1. The Kier molecular flexibility index (Phi) is 2.90. The van der Waals surface area contributed by atoms with Crippen molar-refractivity contribution in [3.05, 3.63) is 29.8 Å². The highest BCUT2D eigenvalue weighted by Crippen LogP contribution is 2.28. The standard InChI is InChI=1S/C12H14O3/c1-14-12(13)8-10-7-6-9-4-2-3-5-11(9)15-10/h2-5,10H,6-8H2,1H3. The number of hydrogen-bond acceptors (Lipinski definition) is 3. The largest absolute Gasteiger partial charge is 0.490 e. The van der Waals surface area contributed by atoms with Crippen molar-refractivity contribution >= 4 is 5.97 Å². The first-order valence-corrected chi connectivity index (χ1v) is 5.11. The highest BCUT2D eigenvalue weighted by molar-refractivity contribution is 5.69. The van der Waals surface area contributed by atoms with Crippen molar-refractivity contribution in [3.8, 4) is 5.75 Å². The molecule has 2 rings (SSSR count). The van der Waals surface area contributed by atoms with Crippen LogP contribution in [0.5, 0.6) is 5.75 Å².